The molecule has 4 heteroatoms. The number of aromatic nitrogens is 2. The van der Waals surface area contributed by atoms with Crippen molar-refractivity contribution in [1.29, 1.82) is 0 Å². The van der Waals surface area contributed by atoms with E-state index in [0.717, 1.165) is 24.4 Å². The van der Waals surface area contributed by atoms with Gasteiger partial charge in [0.25, 0.3) is 0 Å². The maximum Gasteiger partial charge on any atom is 0.115 e. The van der Waals surface area contributed by atoms with Crippen LogP contribution in [-0.4, -0.2) is 16.5 Å². The minimum absolute atomic E-state index is 0.196. The number of allylic oxidation sites excluding steroid dienone is 3. The summed E-state index contributed by atoms with van der Waals surface area (Å²) in [5.74, 6) is 0. The van der Waals surface area contributed by atoms with E-state index in [-0.39, 0.29) is 5.41 Å². The van der Waals surface area contributed by atoms with Crippen molar-refractivity contribution < 1.29 is 0 Å². The van der Waals surface area contributed by atoms with Gasteiger partial charge in [-0.15, -0.1) is 0 Å². The Morgan fingerprint density at radius 2 is 2.27 bits per heavy atom. The summed E-state index contributed by atoms with van der Waals surface area (Å²) >= 11 is 6.04. The smallest absolute Gasteiger partial charge is 0.115 e. The second kappa shape index (κ2) is 6.51. The molecule has 0 saturated heterocycles. The number of halogens is 1. The van der Waals surface area contributed by atoms with Crippen molar-refractivity contribution in [1.82, 2.24) is 15.3 Å². The fraction of sp³-hybridized carbons (Fsp3) is 0.556. The van der Waals surface area contributed by atoms with Crippen LogP contribution in [0.3, 0.4) is 0 Å². The van der Waals surface area contributed by atoms with Crippen LogP contribution in [0.5, 0.6) is 0 Å². The number of fused-ring (bicyclic) bond motifs is 1. The van der Waals surface area contributed by atoms with Gasteiger partial charge in [0.05, 0.1) is 11.7 Å². The highest BCUT2D eigenvalue weighted by atomic mass is 35.5. The van der Waals surface area contributed by atoms with Gasteiger partial charge < -0.3 is 5.32 Å². The molecule has 0 aromatic carbocycles. The van der Waals surface area contributed by atoms with E-state index in [1.54, 1.807) is 6.33 Å². The van der Waals surface area contributed by atoms with Crippen molar-refractivity contribution >= 4 is 11.6 Å². The van der Waals surface area contributed by atoms with E-state index in [9.17, 15) is 0 Å². The summed E-state index contributed by atoms with van der Waals surface area (Å²) in [4.78, 5) is 8.82. The Kier molecular flexibility index (Phi) is 4.65. The standard InChI is InChI=1S/C18H24ClN3/c1-3-15(6-5-13(2)19)18(8-4-9-18)17-16-14(7-10-21-17)11-20-12-22-16/h5-6,11-12,17,21H,3-4,7-10H2,1-2H3. The first-order chi connectivity index (χ1) is 10.7. The van der Waals surface area contributed by atoms with Gasteiger partial charge in [0.2, 0.25) is 0 Å². The minimum atomic E-state index is 0.196. The molecular weight excluding hydrogens is 294 g/mol. The quantitative estimate of drug-likeness (QED) is 0.841. The van der Waals surface area contributed by atoms with Crippen LogP contribution < -0.4 is 5.32 Å². The predicted molar refractivity (Wildman–Crippen MR) is 90.7 cm³/mol. The molecule has 1 N–H and O–H groups in total. The number of nitrogens with one attached hydrogen (secondary N) is 1. The Bertz CT molecular complexity index is 598. The predicted octanol–water partition coefficient (Wildman–Crippen LogP) is 4.31. The first kappa shape index (κ1) is 15.7. The summed E-state index contributed by atoms with van der Waals surface area (Å²) in [6.45, 7) is 5.18. The highest BCUT2D eigenvalue weighted by Crippen LogP contribution is 2.56. The van der Waals surface area contributed by atoms with Crippen molar-refractivity contribution in [3.63, 3.8) is 0 Å². The van der Waals surface area contributed by atoms with Gasteiger partial charge in [0, 0.05) is 16.6 Å². The van der Waals surface area contributed by atoms with Crippen LogP contribution in [0.4, 0.5) is 0 Å². The molecule has 22 heavy (non-hydrogen) atoms. The second-order valence-electron chi connectivity index (χ2n) is 6.38. The highest BCUT2D eigenvalue weighted by molar-refractivity contribution is 6.29. The van der Waals surface area contributed by atoms with E-state index in [0.29, 0.717) is 6.04 Å². The lowest BCUT2D eigenvalue weighted by Gasteiger charge is -2.51. The fourth-order valence-electron chi connectivity index (χ4n) is 3.93. The van der Waals surface area contributed by atoms with E-state index >= 15 is 0 Å². The van der Waals surface area contributed by atoms with Gasteiger partial charge in [-0.25, -0.2) is 9.97 Å². The second-order valence-corrected chi connectivity index (χ2v) is 6.98. The molecule has 0 spiro atoms. The van der Waals surface area contributed by atoms with Gasteiger partial charge in [-0.3, -0.25) is 0 Å². The average Bonchev–Trinajstić information content (AvgIpc) is 2.49. The summed E-state index contributed by atoms with van der Waals surface area (Å²) in [6, 6.07) is 0.309. The molecule has 1 saturated carbocycles. The minimum Gasteiger partial charge on any atom is -0.308 e. The SMILES string of the molecule is CCC(=CC=C(C)Cl)C1(C2NCCc3cncnc32)CCC1. The van der Waals surface area contributed by atoms with Crippen LogP contribution in [0.15, 0.2) is 35.3 Å². The third-order valence-corrected chi connectivity index (χ3v) is 5.30. The van der Waals surface area contributed by atoms with E-state index < -0.39 is 0 Å². The Morgan fingerprint density at radius 3 is 2.91 bits per heavy atom. The Labute approximate surface area is 137 Å². The number of hydrogen-bond donors (Lipinski definition) is 1. The molecule has 0 amide bonds. The van der Waals surface area contributed by atoms with Crippen molar-refractivity contribution in [2.24, 2.45) is 5.41 Å². The van der Waals surface area contributed by atoms with Crippen molar-refractivity contribution in [2.45, 2.75) is 52.0 Å². The molecule has 1 aliphatic carbocycles. The van der Waals surface area contributed by atoms with E-state index in [1.807, 2.05) is 19.2 Å². The molecule has 3 rings (SSSR count). The summed E-state index contributed by atoms with van der Waals surface area (Å²) in [7, 11) is 0. The molecule has 118 valence electrons. The van der Waals surface area contributed by atoms with Crippen LogP contribution in [0, 0.1) is 5.41 Å². The van der Waals surface area contributed by atoms with E-state index in [2.05, 4.69) is 28.3 Å². The first-order valence-electron chi connectivity index (χ1n) is 8.23. The lowest BCUT2D eigenvalue weighted by atomic mass is 9.57. The highest BCUT2D eigenvalue weighted by Gasteiger charge is 2.48. The zero-order chi connectivity index (χ0) is 15.6. The summed E-state index contributed by atoms with van der Waals surface area (Å²) in [5.41, 5.74) is 4.19. The topological polar surface area (TPSA) is 37.8 Å². The monoisotopic (exact) mass is 317 g/mol. The maximum atomic E-state index is 6.04. The van der Waals surface area contributed by atoms with Crippen LogP contribution in [0.2, 0.25) is 0 Å². The summed E-state index contributed by atoms with van der Waals surface area (Å²) in [5, 5.41) is 4.57. The van der Waals surface area contributed by atoms with Crippen LogP contribution in [0.25, 0.3) is 0 Å². The maximum absolute atomic E-state index is 6.04. The van der Waals surface area contributed by atoms with Gasteiger partial charge in [-0.2, -0.15) is 0 Å². The van der Waals surface area contributed by atoms with Gasteiger partial charge >= 0.3 is 0 Å². The molecule has 1 unspecified atom stereocenters. The van der Waals surface area contributed by atoms with Gasteiger partial charge in [0.15, 0.2) is 0 Å². The summed E-state index contributed by atoms with van der Waals surface area (Å²) < 4.78 is 0. The zero-order valence-corrected chi connectivity index (χ0v) is 14.2. The molecule has 1 aliphatic heterocycles. The Balaban J connectivity index is 2.01. The molecule has 0 radical (unpaired) electrons. The summed E-state index contributed by atoms with van der Waals surface area (Å²) in [6.07, 6.45) is 13.8. The number of rotatable bonds is 4. The first-order valence-corrected chi connectivity index (χ1v) is 8.61. The van der Waals surface area contributed by atoms with Crippen LogP contribution in [-0.2, 0) is 6.42 Å². The van der Waals surface area contributed by atoms with Gasteiger partial charge in [-0.05, 0) is 50.8 Å². The third-order valence-electron chi connectivity index (χ3n) is 5.17. The lowest BCUT2D eigenvalue weighted by Crippen LogP contribution is -2.47. The van der Waals surface area contributed by atoms with Gasteiger partial charge in [-0.1, -0.05) is 36.6 Å². The number of hydrogen-bond acceptors (Lipinski definition) is 3. The van der Waals surface area contributed by atoms with E-state index in [4.69, 9.17) is 11.6 Å². The van der Waals surface area contributed by atoms with E-state index in [1.165, 1.54) is 36.1 Å². The van der Waals surface area contributed by atoms with Crippen LogP contribution in [0.1, 0.15) is 56.8 Å². The molecule has 0 bridgehead atoms. The van der Waals surface area contributed by atoms with Gasteiger partial charge in [0.1, 0.15) is 6.33 Å². The Hall–Kier alpha value is -1.19. The molecule has 2 heterocycles. The molecule has 2 aliphatic rings. The van der Waals surface area contributed by atoms with Crippen molar-refractivity contribution in [3.8, 4) is 0 Å². The molecular formula is C18H24ClN3. The lowest BCUT2D eigenvalue weighted by molar-refractivity contribution is 0.108. The molecule has 1 atom stereocenters. The fourth-order valence-corrected chi connectivity index (χ4v) is 3.99. The molecule has 1 fully saturated rings. The van der Waals surface area contributed by atoms with Crippen molar-refractivity contribution in [2.75, 3.05) is 6.54 Å². The molecule has 3 nitrogen and oxygen atoms in total. The molecule has 1 aromatic heterocycles. The largest absolute Gasteiger partial charge is 0.308 e. The zero-order valence-electron chi connectivity index (χ0n) is 13.4. The average molecular weight is 318 g/mol. The third kappa shape index (κ3) is 2.72. The van der Waals surface area contributed by atoms with Crippen molar-refractivity contribution in [3.05, 3.63) is 46.5 Å². The van der Waals surface area contributed by atoms with Crippen LogP contribution >= 0.6 is 11.6 Å². The number of nitrogens with zero attached hydrogens (tertiary/aromatic N) is 2. The normalized spacial score (nSPS) is 24.6. The Morgan fingerprint density at radius 1 is 1.45 bits per heavy atom. The molecule has 1 aromatic rings.